The third kappa shape index (κ3) is 5.54. The molecule has 204 valence electrons. The average molecular weight is 514 g/mol. The van der Waals surface area contributed by atoms with Crippen molar-refractivity contribution in [3.63, 3.8) is 0 Å². The lowest BCUT2D eigenvalue weighted by Gasteiger charge is -2.56. The third-order valence-electron chi connectivity index (χ3n) is 9.06. The predicted molar refractivity (Wildman–Crippen MR) is 141 cm³/mol. The number of benzene rings is 1. The van der Waals surface area contributed by atoms with Crippen LogP contribution in [0.1, 0.15) is 108 Å². The Morgan fingerprint density at radius 2 is 1.62 bits per heavy atom. The number of hydrogen-bond acceptors (Lipinski definition) is 4. The molecule has 0 radical (unpaired) electrons. The fourth-order valence-corrected chi connectivity index (χ4v) is 7.83. The Hall–Kier alpha value is -2.11. The van der Waals surface area contributed by atoms with Crippen LogP contribution in [0.4, 0.5) is 4.39 Å². The van der Waals surface area contributed by atoms with Crippen molar-refractivity contribution in [2.45, 2.75) is 104 Å². The van der Waals surface area contributed by atoms with Crippen LogP contribution in [0.3, 0.4) is 0 Å². The molecule has 0 heterocycles. The zero-order valence-electron chi connectivity index (χ0n) is 23.4. The first-order valence-corrected chi connectivity index (χ1v) is 14.3. The van der Waals surface area contributed by atoms with Crippen molar-refractivity contribution >= 4 is 11.9 Å². The van der Waals surface area contributed by atoms with Crippen molar-refractivity contribution in [3.8, 4) is 5.75 Å². The van der Waals surface area contributed by atoms with E-state index >= 15 is 4.39 Å². The van der Waals surface area contributed by atoms with Crippen molar-refractivity contribution < 1.29 is 23.5 Å². The molecule has 0 aromatic heterocycles. The van der Waals surface area contributed by atoms with E-state index in [2.05, 4.69) is 0 Å². The van der Waals surface area contributed by atoms with Crippen LogP contribution in [-0.4, -0.2) is 42.1 Å². The van der Waals surface area contributed by atoms with Crippen molar-refractivity contribution in [2.24, 2.45) is 29.1 Å². The van der Waals surface area contributed by atoms with Crippen LogP contribution in [0.15, 0.2) is 12.1 Å². The summed E-state index contributed by atoms with van der Waals surface area (Å²) in [5, 5.41) is 0. The molecule has 6 rings (SSSR count). The summed E-state index contributed by atoms with van der Waals surface area (Å²) in [7, 11) is 1.56. The quantitative estimate of drug-likeness (QED) is 0.361. The summed E-state index contributed by atoms with van der Waals surface area (Å²) in [5.41, 5.74) is 0.495. The highest BCUT2D eigenvalue weighted by Gasteiger charge is 2.51. The topological polar surface area (TPSA) is 55.8 Å². The van der Waals surface area contributed by atoms with Gasteiger partial charge in [0.2, 0.25) is 0 Å². The molecule has 4 bridgehead atoms. The predicted octanol–water partition coefficient (Wildman–Crippen LogP) is 6.74. The lowest BCUT2D eigenvalue weighted by Crippen LogP contribution is -2.48. The van der Waals surface area contributed by atoms with Crippen LogP contribution in [-0.2, 0) is 9.53 Å². The first kappa shape index (κ1) is 26.5. The van der Waals surface area contributed by atoms with Gasteiger partial charge in [-0.2, -0.15) is 0 Å². The van der Waals surface area contributed by atoms with Crippen LogP contribution in [0.2, 0.25) is 0 Å². The largest absolute Gasteiger partial charge is 0.493 e. The molecule has 0 N–H and O–H groups in total. The van der Waals surface area contributed by atoms with Crippen molar-refractivity contribution in [1.29, 1.82) is 0 Å². The maximum Gasteiger partial charge on any atom is 0.329 e. The summed E-state index contributed by atoms with van der Waals surface area (Å²) in [6.45, 7) is 9.78. The Bertz CT molecular complexity index is 1020. The van der Waals surface area contributed by atoms with E-state index in [1.165, 1.54) is 49.5 Å². The van der Waals surface area contributed by atoms with Crippen LogP contribution in [0.5, 0.6) is 5.75 Å². The van der Waals surface area contributed by atoms with E-state index in [0.29, 0.717) is 18.3 Å². The molecule has 1 amide bonds. The normalized spacial score (nSPS) is 29.4. The number of ether oxygens (including phenoxy) is 2. The van der Waals surface area contributed by atoms with Gasteiger partial charge < -0.3 is 14.4 Å². The number of halogens is 1. The molecule has 1 aromatic rings. The summed E-state index contributed by atoms with van der Waals surface area (Å²) in [5.74, 6) is 1.66. The van der Waals surface area contributed by atoms with Gasteiger partial charge in [-0.05, 0) is 113 Å². The Morgan fingerprint density at radius 3 is 2.11 bits per heavy atom. The number of nitrogens with zero attached hydrogens (tertiary/aromatic N) is 1. The van der Waals surface area contributed by atoms with Crippen molar-refractivity contribution in [3.05, 3.63) is 29.1 Å². The molecule has 0 spiro atoms. The van der Waals surface area contributed by atoms with Crippen molar-refractivity contribution in [2.75, 3.05) is 13.7 Å². The molecule has 5 saturated carbocycles. The van der Waals surface area contributed by atoms with Crippen LogP contribution in [0, 0.1) is 34.9 Å². The molecule has 0 aliphatic heterocycles. The second kappa shape index (κ2) is 9.57. The molecule has 1 aromatic carbocycles. The molecular weight excluding hydrogens is 469 g/mol. The molecule has 5 aliphatic carbocycles. The van der Waals surface area contributed by atoms with Gasteiger partial charge in [0.1, 0.15) is 23.2 Å². The van der Waals surface area contributed by atoms with Gasteiger partial charge in [0.05, 0.1) is 12.2 Å². The van der Waals surface area contributed by atoms with Gasteiger partial charge in [-0.1, -0.05) is 13.8 Å². The first-order chi connectivity index (χ1) is 17.3. The first-order valence-electron chi connectivity index (χ1n) is 14.3. The molecule has 5 nitrogen and oxygen atoms in total. The third-order valence-corrected chi connectivity index (χ3v) is 9.06. The van der Waals surface area contributed by atoms with E-state index in [9.17, 15) is 9.59 Å². The zero-order chi connectivity index (χ0) is 26.7. The minimum atomic E-state index is -0.803. The molecular formula is C31H44FNO4. The monoisotopic (exact) mass is 513 g/mol. The minimum Gasteiger partial charge on any atom is -0.493 e. The number of rotatable bonds is 8. The molecule has 6 heteroatoms. The lowest BCUT2D eigenvalue weighted by atomic mass is 9.50. The van der Waals surface area contributed by atoms with E-state index in [4.69, 9.17) is 9.47 Å². The zero-order valence-corrected chi connectivity index (χ0v) is 23.4. The Morgan fingerprint density at radius 1 is 1.05 bits per heavy atom. The standard InChI is InChI=1S/C31H44FNO4/c1-18(2)27(29(35)37-30(3,4)5)33(6)28(34)24-12-23(22-7-8-22)26(13-25(24)32)36-17-31-14-19-9-20(15-31)11-21(10-19)16-31/h12-13,18-22,27H,7-11,14-17H2,1-6H3/t19?,20?,21?,27-,31?/m0/s1. The molecule has 37 heavy (non-hydrogen) atoms. The number of amides is 1. The molecule has 0 saturated heterocycles. The van der Waals surface area contributed by atoms with Crippen LogP contribution < -0.4 is 4.74 Å². The Labute approximate surface area is 221 Å². The molecule has 5 aliphatic rings. The number of esters is 1. The van der Waals surface area contributed by atoms with E-state index < -0.39 is 29.3 Å². The highest BCUT2D eigenvalue weighted by molar-refractivity contribution is 5.97. The second-order valence-corrected chi connectivity index (χ2v) is 14.0. The fourth-order valence-electron chi connectivity index (χ4n) is 7.83. The highest BCUT2D eigenvalue weighted by atomic mass is 19.1. The van der Waals surface area contributed by atoms with Gasteiger partial charge in [-0.15, -0.1) is 0 Å². The lowest BCUT2D eigenvalue weighted by molar-refractivity contribution is -0.161. The maximum atomic E-state index is 15.5. The molecule has 1 atom stereocenters. The van der Waals surface area contributed by atoms with Gasteiger partial charge in [-0.3, -0.25) is 4.79 Å². The van der Waals surface area contributed by atoms with E-state index in [0.717, 1.165) is 36.2 Å². The van der Waals surface area contributed by atoms with Crippen molar-refractivity contribution in [1.82, 2.24) is 4.90 Å². The average Bonchev–Trinajstić information content (AvgIpc) is 3.60. The van der Waals surface area contributed by atoms with Gasteiger partial charge in [-0.25, -0.2) is 9.18 Å². The number of carbonyl (C=O) groups is 2. The summed E-state index contributed by atoms with van der Waals surface area (Å²) >= 11 is 0. The summed E-state index contributed by atoms with van der Waals surface area (Å²) < 4.78 is 27.5. The summed E-state index contributed by atoms with van der Waals surface area (Å²) in [6, 6.07) is 2.31. The van der Waals surface area contributed by atoms with Gasteiger partial charge in [0, 0.05) is 18.5 Å². The summed E-state index contributed by atoms with van der Waals surface area (Å²) in [4.78, 5) is 27.8. The van der Waals surface area contributed by atoms with E-state index in [-0.39, 0.29) is 16.9 Å². The molecule has 5 fully saturated rings. The minimum absolute atomic E-state index is 0.000707. The van der Waals surface area contributed by atoms with Crippen LogP contribution >= 0.6 is 0 Å². The smallest absolute Gasteiger partial charge is 0.329 e. The number of hydrogen-bond donors (Lipinski definition) is 0. The van der Waals surface area contributed by atoms with E-state index in [1.54, 1.807) is 33.9 Å². The van der Waals surface area contributed by atoms with Gasteiger partial charge in [0.25, 0.3) is 5.91 Å². The SMILES string of the molecule is CC(C)[C@@H](C(=O)OC(C)(C)C)N(C)C(=O)c1cc(C2CC2)c(OCC23CC4CC(CC(C4)C2)C3)cc1F. The Kier molecular flexibility index (Phi) is 6.85. The fraction of sp³-hybridized carbons (Fsp3) is 0.742. The number of likely N-dealkylation sites (N-methyl/N-ethyl adjacent to an activating group) is 1. The Balaban J connectivity index is 1.35. The van der Waals surface area contributed by atoms with E-state index in [1.807, 2.05) is 13.8 Å². The van der Waals surface area contributed by atoms with Crippen LogP contribution in [0.25, 0.3) is 0 Å². The maximum absolute atomic E-state index is 15.5. The van der Waals surface area contributed by atoms with Gasteiger partial charge >= 0.3 is 5.97 Å². The summed E-state index contributed by atoms with van der Waals surface area (Å²) in [6.07, 6.45) is 9.91. The second-order valence-electron chi connectivity index (χ2n) is 14.0. The van der Waals surface area contributed by atoms with Gasteiger partial charge in [0.15, 0.2) is 0 Å². The highest BCUT2D eigenvalue weighted by Crippen LogP contribution is 2.60. The molecule has 0 unspecified atom stereocenters. The number of carbonyl (C=O) groups excluding carboxylic acids is 2.